The fourth-order valence-electron chi connectivity index (χ4n) is 2.57. The van der Waals surface area contributed by atoms with Crippen molar-refractivity contribution in [3.05, 3.63) is 97.0 Å². The molecule has 0 aliphatic rings. The van der Waals surface area contributed by atoms with Gasteiger partial charge in [-0.2, -0.15) is 0 Å². The Labute approximate surface area is 157 Å². The Balaban J connectivity index is 1.41. The average molecular weight is 358 g/mol. The van der Waals surface area contributed by atoms with Crippen molar-refractivity contribution in [1.29, 1.82) is 0 Å². The Kier molecular flexibility index (Phi) is 5.03. The van der Waals surface area contributed by atoms with Gasteiger partial charge in [0.15, 0.2) is 0 Å². The number of aromatic amines is 1. The molecule has 0 atom stereocenters. The summed E-state index contributed by atoms with van der Waals surface area (Å²) in [6, 6.07) is 28.6. The maximum Gasteiger partial charge on any atom is 0.146 e. The van der Waals surface area contributed by atoms with E-state index in [1.807, 2.05) is 42.6 Å². The van der Waals surface area contributed by atoms with Crippen LogP contribution in [0.5, 0.6) is 5.75 Å². The molecule has 26 heavy (non-hydrogen) atoms. The van der Waals surface area contributed by atoms with Crippen molar-refractivity contribution in [3.8, 4) is 17.0 Å². The van der Waals surface area contributed by atoms with E-state index in [9.17, 15) is 0 Å². The van der Waals surface area contributed by atoms with E-state index in [1.54, 1.807) is 11.8 Å². The molecule has 0 aliphatic carbocycles. The summed E-state index contributed by atoms with van der Waals surface area (Å²) in [4.78, 5) is 10.3. The van der Waals surface area contributed by atoms with Crippen LogP contribution in [-0.4, -0.2) is 9.97 Å². The molecule has 1 heterocycles. The fraction of sp³-hybridized carbons (Fsp3) is 0.0455. The highest BCUT2D eigenvalue weighted by molar-refractivity contribution is 7.99. The molecule has 1 N–H and O–H groups in total. The Morgan fingerprint density at radius 2 is 1.42 bits per heavy atom. The lowest BCUT2D eigenvalue weighted by atomic mass is 10.2. The van der Waals surface area contributed by atoms with Gasteiger partial charge >= 0.3 is 0 Å². The maximum atomic E-state index is 5.73. The Bertz CT molecular complexity index is 950. The molecule has 3 nitrogen and oxygen atoms in total. The molecule has 4 aromatic rings. The largest absolute Gasteiger partial charge is 0.486 e. The van der Waals surface area contributed by atoms with E-state index in [0.717, 1.165) is 22.8 Å². The molecule has 0 radical (unpaired) electrons. The molecule has 0 bridgehead atoms. The molecular formula is C22H18N2OS. The van der Waals surface area contributed by atoms with Gasteiger partial charge in [-0.3, -0.25) is 0 Å². The predicted molar refractivity (Wildman–Crippen MR) is 105 cm³/mol. The first kappa shape index (κ1) is 16.5. The molecule has 0 spiro atoms. The Morgan fingerprint density at radius 3 is 2.15 bits per heavy atom. The molecule has 4 rings (SSSR count). The van der Waals surface area contributed by atoms with Crippen molar-refractivity contribution < 1.29 is 4.74 Å². The van der Waals surface area contributed by atoms with Crippen LogP contribution in [0.3, 0.4) is 0 Å². The third kappa shape index (κ3) is 4.16. The topological polar surface area (TPSA) is 37.9 Å². The minimum Gasteiger partial charge on any atom is -0.486 e. The molecule has 0 saturated carbocycles. The number of nitrogens with zero attached hydrogens (tertiary/aromatic N) is 1. The summed E-state index contributed by atoms with van der Waals surface area (Å²) in [5, 5.41) is 0. The first-order valence-electron chi connectivity index (χ1n) is 8.42. The zero-order valence-corrected chi connectivity index (χ0v) is 14.9. The van der Waals surface area contributed by atoms with E-state index in [-0.39, 0.29) is 0 Å². The normalized spacial score (nSPS) is 10.6. The monoisotopic (exact) mass is 358 g/mol. The number of hydrogen-bond donors (Lipinski definition) is 1. The number of ether oxygens (including phenoxy) is 1. The van der Waals surface area contributed by atoms with Crippen molar-refractivity contribution in [1.82, 2.24) is 9.97 Å². The predicted octanol–water partition coefficient (Wildman–Crippen LogP) is 5.81. The molecule has 0 saturated heterocycles. The number of hydrogen-bond acceptors (Lipinski definition) is 3. The van der Waals surface area contributed by atoms with Crippen LogP contribution in [0.25, 0.3) is 11.3 Å². The van der Waals surface area contributed by atoms with E-state index in [4.69, 9.17) is 4.74 Å². The molecule has 0 fully saturated rings. The lowest BCUT2D eigenvalue weighted by Gasteiger charge is -2.03. The lowest BCUT2D eigenvalue weighted by Crippen LogP contribution is -1.97. The van der Waals surface area contributed by atoms with Gasteiger partial charge in [0.2, 0.25) is 0 Å². The molecule has 1 aromatic heterocycles. The Morgan fingerprint density at radius 1 is 0.769 bits per heavy atom. The van der Waals surface area contributed by atoms with Crippen molar-refractivity contribution in [2.24, 2.45) is 0 Å². The maximum absolute atomic E-state index is 5.73. The summed E-state index contributed by atoms with van der Waals surface area (Å²) in [6.07, 6.45) is 1.92. The van der Waals surface area contributed by atoms with Crippen LogP contribution in [0.15, 0.2) is 101 Å². The highest BCUT2D eigenvalue weighted by atomic mass is 32.2. The standard InChI is InChI=1S/C22H18N2OS/c1-3-7-18(8-4-1)25-16-22-23-15-21(24-22)17-11-13-20(14-12-17)26-19-9-5-2-6-10-19/h1-15H,16H2,(H,23,24). The van der Waals surface area contributed by atoms with Crippen LogP contribution < -0.4 is 4.74 Å². The van der Waals surface area contributed by atoms with Gasteiger partial charge in [-0.25, -0.2) is 4.98 Å². The molecular weight excluding hydrogens is 340 g/mol. The van der Waals surface area contributed by atoms with Crippen molar-refractivity contribution in [3.63, 3.8) is 0 Å². The number of benzene rings is 3. The summed E-state index contributed by atoms with van der Waals surface area (Å²) in [5.74, 6) is 1.65. The van der Waals surface area contributed by atoms with Crippen LogP contribution in [0.1, 0.15) is 5.82 Å². The number of imidazole rings is 1. The van der Waals surface area contributed by atoms with Crippen LogP contribution >= 0.6 is 11.8 Å². The van der Waals surface area contributed by atoms with Gasteiger partial charge in [0.25, 0.3) is 0 Å². The molecule has 4 heteroatoms. The molecule has 3 aromatic carbocycles. The molecule has 128 valence electrons. The second kappa shape index (κ2) is 7.93. The van der Waals surface area contributed by atoms with Gasteiger partial charge in [-0.1, -0.05) is 60.3 Å². The Hall–Kier alpha value is -2.98. The summed E-state index contributed by atoms with van der Waals surface area (Å²) >= 11 is 1.75. The quantitative estimate of drug-likeness (QED) is 0.473. The van der Waals surface area contributed by atoms with Crippen LogP contribution in [0, 0.1) is 0 Å². The number of rotatable bonds is 6. The highest BCUT2D eigenvalue weighted by Gasteiger charge is 2.05. The number of aromatic nitrogens is 2. The van der Waals surface area contributed by atoms with Crippen molar-refractivity contribution >= 4 is 11.8 Å². The average Bonchev–Trinajstić information content (AvgIpc) is 3.18. The van der Waals surface area contributed by atoms with Crippen LogP contribution in [0.2, 0.25) is 0 Å². The second-order valence-corrected chi connectivity index (χ2v) is 6.92. The lowest BCUT2D eigenvalue weighted by molar-refractivity contribution is 0.297. The van der Waals surface area contributed by atoms with Crippen molar-refractivity contribution in [2.75, 3.05) is 0 Å². The summed E-state index contributed by atoms with van der Waals surface area (Å²) in [7, 11) is 0. The smallest absolute Gasteiger partial charge is 0.146 e. The van der Waals surface area contributed by atoms with Crippen LogP contribution in [0.4, 0.5) is 0 Å². The first-order valence-corrected chi connectivity index (χ1v) is 9.24. The molecule has 0 unspecified atom stereocenters. The van der Waals surface area contributed by atoms with Gasteiger partial charge in [-0.05, 0) is 36.4 Å². The third-order valence-corrected chi connectivity index (χ3v) is 4.89. The van der Waals surface area contributed by atoms with Gasteiger partial charge in [0.1, 0.15) is 18.2 Å². The van der Waals surface area contributed by atoms with E-state index in [1.165, 1.54) is 9.79 Å². The van der Waals surface area contributed by atoms with Crippen molar-refractivity contribution in [2.45, 2.75) is 16.4 Å². The summed E-state index contributed by atoms with van der Waals surface area (Å²) < 4.78 is 5.73. The van der Waals surface area contributed by atoms with Gasteiger partial charge in [-0.15, -0.1) is 0 Å². The fourth-order valence-corrected chi connectivity index (χ4v) is 3.41. The SMILES string of the molecule is c1ccc(OCc2nc(-c3ccc(Sc4ccccc4)cc3)c[nH]2)cc1. The number of H-pyrrole nitrogens is 1. The summed E-state index contributed by atoms with van der Waals surface area (Å²) in [6.45, 7) is 0.423. The zero-order chi connectivity index (χ0) is 17.6. The summed E-state index contributed by atoms with van der Waals surface area (Å²) in [5.41, 5.74) is 2.01. The van der Waals surface area contributed by atoms with E-state index >= 15 is 0 Å². The number of nitrogens with one attached hydrogen (secondary N) is 1. The highest BCUT2D eigenvalue weighted by Crippen LogP contribution is 2.29. The van der Waals surface area contributed by atoms with Crippen LogP contribution in [-0.2, 0) is 6.61 Å². The van der Waals surface area contributed by atoms with Gasteiger partial charge in [0.05, 0.1) is 5.69 Å². The third-order valence-electron chi connectivity index (χ3n) is 3.88. The molecule has 0 aliphatic heterocycles. The van der Waals surface area contributed by atoms with E-state index in [2.05, 4.69) is 58.5 Å². The van der Waals surface area contributed by atoms with E-state index in [0.29, 0.717) is 6.61 Å². The first-order chi connectivity index (χ1) is 12.9. The van der Waals surface area contributed by atoms with Gasteiger partial charge in [0, 0.05) is 21.6 Å². The number of para-hydroxylation sites is 1. The van der Waals surface area contributed by atoms with Gasteiger partial charge < -0.3 is 9.72 Å². The molecule has 0 amide bonds. The minimum absolute atomic E-state index is 0.423. The van der Waals surface area contributed by atoms with E-state index < -0.39 is 0 Å². The second-order valence-electron chi connectivity index (χ2n) is 5.77. The minimum atomic E-state index is 0.423. The zero-order valence-electron chi connectivity index (χ0n) is 14.1.